The van der Waals surface area contributed by atoms with Gasteiger partial charge in [-0.25, -0.2) is 4.79 Å². The highest BCUT2D eigenvalue weighted by molar-refractivity contribution is 5.89. The van der Waals surface area contributed by atoms with Crippen LogP contribution in [0.1, 0.15) is 47.7 Å². The second-order valence-electron chi connectivity index (χ2n) is 5.78. The third-order valence-corrected chi connectivity index (χ3v) is 4.58. The molecule has 0 radical (unpaired) electrons. The molecule has 3 rings (SSSR count). The van der Waals surface area contributed by atoms with Crippen LogP contribution in [-0.4, -0.2) is 28.6 Å². The zero-order valence-corrected chi connectivity index (χ0v) is 11.4. The second kappa shape index (κ2) is 4.97. The summed E-state index contributed by atoms with van der Waals surface area (Å²) in [6, 6.07) is 6.40. The fourth-order valence-electron chi connectivity index (χ4n) is 3.49. The molecule has 1 heterocycles. The van der Waals surface area contributed by atoms with Crippen molar-refractivity contribution in [1.29, 1.82) is 0 Å². The second-order valence-corrected chi connectivity index (χ2v) is 5.78. The maximum absolute atomic E-state index is 11.2. The molecule has 1 aromatic carbocycles. The number of hydrogen-bond donors (Lipinski definition) is 1. The minimum atomic E-state index is -0.792. The number of carboxylic acid groups (broad SMARTS) is 1. The molecule has 3 heteroatoms. The van der Waals surface area contributed by atoms with Gasteiger partial charge in [-0.05, 0) is 48.8 Å². The van der Waals surface area contributed by atoms with E-state index >= 15 is 0 Å². The van der Waals surface area contributed by atoms with Gasteiger partial charge in [-0.2, -0.15) is 0 Å². The Morgan fingerprint density at radius 2 is 2.26 bits per heavy atom. The van der Waals surface area contributed by atoms with E-state index in [4.69, 9.17) is 0 Å². The van der Waals surface area contributed by atoms with Gasteiger partial charge in [-0.15, -0.1) is 0 Å². The quantitative estimate of drug-likeness (QED) is 0.903. The Morgan fingerprint density at radius 3 is 2.89 bits per heavy atom. The fourth-order valence-corrected chi connectivity index (χ4v) is 3.49. The summed E-state index contributed by atoms with van der Waals surface area (Å²) in [7, 11) is 0. The standard InChI is InChI=1S/C16H21NO2/c1-2-15(11-6-7-11)17-9-8-13-12(10-17)4-3-5-14(13)16(18)19/h3-5,11,15H,2,6-10H2,1H3,(H,18,19). The fraction of sp³-hybridized carbons (Fsp3) is 0.562. The summed E-state index contributed by atoms with van der Waals surface area (Å²) < 4.78 is 0. The van der Waals surface area contributed by atoms with Crippen LogP contribution < -0.4 is 0 Å². The van der Waals surface area contributed by atoms with Crippen molar-refractivity contribution in [2.24, 2.45) is 5.92 Å². The van der Waals surface area contributed by atoms with Crippen LogP contribution in [0.2, 0.25) is 0 Å². The summed E-state index contributed by atoms with van der Waals surface area (Å²) >= 11 is 0. The van der Waals surface area contributed by atoms with E-state index in [0.717, 1.165) is 31.0 Å². The normalized spacial score (nSPS) is 20.9. The van der Waals surface area contributed by atoms with E-state index in [-0.39, 0.29) is 0 Å². The van der Waals surface area contributed by atoms with Crippen LogP contribution in [0, 0.1) is 5.92 Å². The largest absolute Gasteiger partial charge is 0.478 e. The average molecular weight is 259 g/mol. The number of rotatable bonds is 4. The first kappa shape index (κ1) is 12.7. The number of aromatic carboxylic acids is 1. The van der Waals surface area contributed by atoms with Crippen molar-refractivity contribution < 1.29 is 9.90 Å². The smallest absolute Gasteiger partial charge is 0.335 e. The van der Waals surface area contributed by atoms with E-state index in [2.05, 4.69) is 17.9 Å². The Labute approximate surface area is 114 Å². The van der Waals surface area contributed by atoms with Crippen LogP contribution in [0.25, 0.3) is 0 Å². The van der Waals surface area contributed by atoms with Gasteiger partial charge < -0.3 is 5.11 Å². The monoisotopic (exact) mass is 259 g/mol. The van der Waals surface area contributed by atoms with Crippen molar-refractivity contribution in [3.05, 3.63) is 34.9 Å². The molecule has 1 aromatic rings. The van der Waals surface area contributed by atoms with Crippen LogP contribution in [0.5, 0.6) is 0 Å². The van der Waals surface area contributed by atoms with E-state index in [1.165, 1.54) is 24.8 Å². The van der Waals surface area contributed by atoms with Gasteiger partial charge in [-0.3, -0.25) is 4.90 Å². The highest BCUT2D eigenvalue weighted by Crippen LogP contribution is 2.38. The van der Waals surface area contributed by atoms with Crippen molar-refractivity contribution >= 4 is 5.97 Å². The number of carbonyl (C=O) groups is 1. The zero-order valence-electron chi connectivity index (χ0n) is 11.4. The lowest BCUT2D eigenvalue weighted by Gasteiger charge is -2.35. The van der Waals surface area contributed by atoms with Gasteiger partial charge in [0.2, 0.25) is 0 Å². The summed E-state index contributed by atoms with van der Waals surface area (Å²) in [6.07, 6.45) is 4.83. The molecule has 1 aliphatic heterocycles. The minimum absolute atomic E-state index is 0.497. The maximum Gasteiger partial charge on any atom is 0.335 e. The lowest BCUT2D eigenvalue weighted by atomic mass is 9.92. The number of benzene rings is 1. The van der Waals surface area contributed by atoms with Crippen molar-refractivity contribution in [3.63, 3.8) is 0 Å². The molecule has 2 aliphatic rings. The molecule has 0 aromatic heterocycles. The Kier molecular flexibility index (Phi) is 3.31. The number of carboxylic acids is 1. The first-order valence-electron chi connectivity index (χ1n) is 7.28. The Bertz CT molecular complexity index is 494. The molecule has 1 unspecified atom stereocenters. The number of fused-ring (bicyclic) bond motifs is 1. The lowest BCUT2D eigenvalue weighted by molar-refractivity contribution is 0.0693. The molecule has 102 valence electrons. The molecule has 19 heavy (non-hydrogen) atoms. The predicted octanol–water partition coefficient (Wildman–Crippen LogP) is 2.93. The third kappa shape index (κ3) is 2.39. The van der Waals surface area contributed by atoms with E-state index in [1.807, 2.05) is 6.07 Å². The summed E-state index contributed by atoms with van der Waals surface area (Å²) in [5.41, 5.74) is 2.76. The number of hydrogen-bond acceptors (Lipinski definition) is 2. The van der Waals surface area contributed by atoms with Gasteiger partial charge in [-0.1, -0.05) is 19.1 Å². The zero-order chi connectivity index (χ0) is 13.4. The Balaban J connectivity index is 1.84. The number of nitrogens with zero attached hydrogens (tertiary/aromatic N) is 1. The van der Waals surface area contributed by atoms with Gasteiger partial charge in [0.1, 0.15) is 0 Å². The third-order valence-electron chi connectivity index (χ3n) is 4.58. The SMILES string of the molecule is CCC(C1CC1)N1CCc2c(cccc2C(=O)O)C1. The van der Waals surface area contributed by atoms with Gasteiger partial charge in [0.05, 0.1) is 5.56 Å². The molecule has 1 saturated carbocycles. The summed E-state index contributed by atoms with van der Waals surface area (Å²) in [5, 5.41) is 9.25. The van der Waals surface area contributed by atoms with Crippen molar-refractivity contribution in [1.82, 2.24) is 4.90 Å². The predicted molar refractivity (Wildman–Crippen MR) is 74.3 cm³/mol. The molecule has 3 nitrogen and oxygen atoms in total. The van der Waals surface area contributed by atoms with E-state index < -0.39 is 5.97 Å². The van der Waals surface area contributed by atoms with Crippen LogP contribution >= 0.6 is 0 Å². The molecule has 1 fully saturated rings. The highest BCUT2D eigenvalue weighted by atomic mass is 16.4. The first-order valence-corrected chi connectivity index (χ1v) is 7.28. The molecule has 0 amide bonds. The van der Waals surface area contributed by atoms with Gasteiger partial charge in [0.25, 0.3) is 0 Å². The summed E-state index contributed by atoms with van der Waals surface area (Å²) in [4.78, 5) is 13.8. The molecule has 0 spiro atoms. The maximum atomic E-state index is 11.2. The molecular weight excluding hydrogens is 238 g/mol. The minimum Gasteiger partial charge on any atom is -0.478 e. The van der Waals surface area contributed by atoms with Gasteiger partial charge in [0, 0.05) is 19.1 Å². The van der Waals surface area contributed by atoms with Crippen LogP contribution in [0.15, 0.2) is 18.2 Å². The van der Waals surface area contributed by atoms with Crippen LogP contribution in [-0.2, 0) is 13.0 Å². The van der Waals surface area contributed by atoms with Crippen molar-refractivity contribution in [2.75, 3.05) is 6.54 Å². The summed E-state index contributed by atoms with van der Waals surface area (Å²) in [5.74, 6) is 0.0914. The summed E-state index contributed by atoms with van der Waals surface area (Å²) in [6.45, 7) is 4.20. The van der Waals surface area contributed by atoms with E-state index in [9.17, 15) is 9.90 Å². The molecule has 0 saturated heterocycles. The van der Waals surface area contributed by atoms with Crippen molar-refractivity contribution in [2.45, 2.75) is 45.2 Å². The van der Waals surface area contributed by atoms with Gasteiger partial charge in [0.15, 0.2) is 0 Å². The first-order chi connectivity index (χ1) is 9.20. The average Bonchev–Trinajstić information content (AvgIpc) is 3.23. The molecule has 0 bridgehead atoms. The highest BCUT2D eigenvalue weighted by Gasteiger charge is 2.35. The van der Waals surface area contributed by atoms with E-state index in [0.29, 0.717) is 11.6 Å². The van der Waals surface area contributed by atoms with Crippen LogP contribution in [0.4, 0.5) is 0 Å². The molecule has 1 N–H and O–H groups in total. The van der Waals surface area contributed by atoms with Gasteiger partial charge >= 0.3 is 5.97 Å². The lowest BCUT2D eigenvalue weighted by Crippen LogP contribution is -2.40. The molecule has 1 atom stereocenters. The molecule has 1 aliphatic carbocycles. The van der Waals surface area contributed by atoms with E-state index in [1.54, 1.807) is 6.07 Å². The van der Waals surface area contributed by atoms with Crippen molar-refractivity contribution in [3.8, 4) is 0 Å². The Hall–Kier alpha value is -1.35. The topological polar surface area (TPSA) is 40.5 Å². The Morgan fingerprint density at radius 1 is 1.47 bits per heavy atom. The molecular formula is C16H21NO2. The van der Waals surface area contributed by atoms with Crippen LogP contribution in [0.3, 0.4) is 0 Å².